The second-order valence-corrected chi connectivity index (χ2v) is 7.75. The first-order chi connectivity index (χ1) is 14.5. The number of rotatable bonds is 14. The molecule has 0 unspecified atom stereocenters. The molecule has 30 heavy (non-hydrogen) atoms. The Bertz CT molecular complexity index is 755. The molecule has 0 saturated carbocycles. The van der Waals surface area contributed by atoms with E-state index in [1.165, 1.54) is 5.56 Å². The van der Waals surface area contributed by atoms with Crippen molar-refractivity contribution in [3.8, 4) is 5.75 Å². The molecule has 5 nitrogen and oxygen atoms in total. The quantitative estimate of drug-likeness (QED) is 0.403. The van der Waals surface area contributed by atoms with Crippen molar-refractivity contribution in [2.24, 2.45) is 0 Å². The third-order valence-electron chi connectivity index (χ3n) is 5.70. The van der Waals surface area contributed by atoms with Gasteiger partial charge in [0.1, 0.15) is 12.4 Å². The fraction of sp³-hybridized carbons (Fsp3) is 0.520. The number of aliphatic hydroxyl groups is 3. The maximum Gasteiger partial charge on any atom is 0.120 e. The Morgan fingerprint density at radius 3 is 2.33 bits per heavy atom. The van der Waals surface area contributed by atoms with Crippen molar-refractivity contribution >= 4 is 0 Å². The summed E-state index contributed by atoms with van der Waals surface area (Å²) >= 11 is 0. The summed E-state index contributed by atoms with van der Waals surface area (Å²) in [5.41, 5.74) is 3.01. The van der Waals surface area contributed by atoms with Crippen LogP contribution < -0.4 is 4.74 Å². The van der Waals surface area contributed by atoms with Crippen molar-refractivity contribution in [2.45, 2.75) is 71.4 Å². The maximum atomic E-state index is 10.3. The molecule has 0 aliphatic rings. The lowest BCUT2D eigenvalue weighted by Crippen LogP contribution is -2.28. The Hall–Kier alpha value is -1.92. The largest absolute Gasteiger partial charge is 0.489 e. The van der Waals surface area contributed by atoms with Crippen LogP contribution in [0.3, 0.4) is 0 Å². The van der Waals surface area contributed by atoms with Gasteiger partial charge in [-0.3, -0.25) is 0 Å². The summed E-state index contributed by atoms with van der Waals surface area (Å²) in [5.74, 6) is 0.807. The molecule has 5 heteroatoms. The summed E-state index contributed by atoms with van der Waals surface area (Å²) in [6.45, 7) is 5.51. The van der Waals surface area contributed by atoms with Crippen molar-refractivity contribution in [3.63, 3.8) is 0 Å². The number of aliphatic hydroxyl groups excluding tert-OH is 2. The molecule has 0 bridgehead atoms. The van der Waals surface area contributed by atoms with E-state index in [1.54, 1.807) is 0 Å². The van der Waals surface area contributed by atoms with Gasteiger partial charge in [-0.15, -0.1) is 0 Å². The zero-order valence-electron chi connectivity index (χ0n) is 18.3. The van der Waals surface area contributed by atoms with Gasteiger partial charge in [-0.25, -0.2) is 0 Å². The minimum absolute atomic E-state index is 0.0825. The average molecular weight is 417 g/mol. The molecule has 0 atom stereocenters. The smallest absolute Gasteiger partial charge is 0.120 e. The molecule has 0 spiro atoms. The summed E-state index contributed by atoms with van der Waals surface area (Å²) in [7, 11) is 0. The van der Waals surface area contributed by atoms with E-state index in [1.807, 2.05) is 50.2 Å². The zero-order chi connectivity index (χ0) is 21.8. The highest BCUT2D eigenvalue weighted by atomic mass is 16.5. The van der Waals surface area contributed by atoms with Crippen molar-refractivity contribution in [1.29, 1.82) is 0 Å². The lowest BCUT2D eigenvalue weighted by molar-refractivity contribution is -0.00643. The molecule has 0 saturated heterocycles. The van der Waals surface area contributed by atoms with E-state index >= 15 is 0 Å². The molecule has 0 fully saturated rings. The first kappa shape index (κ1) is 24.4. The van der Waals surface area contributed by atoms with Gasteiger partial charge in [-0.2, -0.15) is 0 Å². The zero-order valence-corrected chi connectivity index (χ0v) is 18.3. The summed E-state index contributed by atoms with van der Waals surface area (Å²) in [6, 6.07) is 13.6. The predicted molar refractivity (Wildman–Crippen MR) is 118 cm³/mol. The first-order valence-electron chi connectivity index (χ1n) is 10.9. The van der Waals surface area contributed by atoms with Gasteiger partial charge in [0.25, 0.3) is 0 Å². The number of ether oxygens (including phenoxy) is 2. The number of hydrogen-bond acceptors (Lipinski definition) is 5. The van der Waals surface area contributed by atoms with Gasteiger partial charge in [0.2, 0.25) is 0 Å². The lowest BCUT2D eigenvalue weighted by Gasteiger charge is -2.24. The Morgan fingerprint density at radius 1 is 0.867 bits per heavy atom. The Labute approximate surface area is 180 Å². The Kier molecular flexibility index (Phi) is 10.3. The summed E-state index contributed by atoms with van der Waals surface area (Å²) in [6.07, 6.45) is 4.02. The molecule has 2 rings (SSSR count). The Morgan fingerprint density at radius 2 is 1.63 bits per heavy atom. The van der Waals surface area contributed by atoms with Crippen LogP contribution in [-0.2, 0) is 31.0 Å². The van der Waals surface area contributed by atoms with Crippen LogP contribution in [0, 0.1) is 0 Å². The van der Waals surface area contributed by atoms with Crippen LogP contribution in [0.15, 0.2) is 42.5 Å². The minimum atomic E-state index is -0.595. The third-order valence-corrected chi connectivity index (χ3v) is 5.70. The van der Waals surface area contributed by atoms with Crippen LogP contribution in [0.25, 0.3) is 0 Å². The molecule has 0 amide bonds. The van der Waals surface area contributed by atoms with Crippen molar-refractivity contribution in [1.82, 2.24) is 0 Å². The highest BCUT2D eigenvalue weighted by Gasteiger charge is 2.21. The molecular formula is C25H36O5. The highest BCUT2D eigenvalue weighted by molar-refractivity contribution is 5.32. The van der Waals surface area contributed by atoms with Crippen LogP contribution in [0.2, 0.25) is 0 Å². The van der Waals surface area contributed by atoms with E-state index in [9.17, 15) is 15.3 Å². The second kappa shape index (κ2) is 12.7. The molecule has 2 aromatic carbocycles. The fourth-order valence-corrected chi connectivity index (χ4v) is 3.37. The van der Waals surface area contributed by atoms with Gasteiger partial charge in [0.15, 0.2) is 0 Å². The molecule has 166 valence electrons. The van der Waals surface area contributed by atoms with E-state index in [2.05, 4.69) is 6.07 Å². The van der Waals surface area contributed by atoms with Gasteiger partial charge in [-0.05, 0) is 72.6 Å². The summed E-state index contributed by atoms with van der Waals surface area (Å²) in [4.78, 5) is 0. The highest BCUT2D eigenvalue weighted by Crippen LogP contribution is 2.20. The van der Waals surface area contributed by atoms with Crippen LogP contribution >= 0.6 is 0 Å². The molecule has 2 aromatic rings. The fourth-order valence-electron chi connectivity index (χ4n) is 3.37. The number of aryl methyl sites for hydroxylation is 1. The number of hydrogen-bond donors (Lipinski definition) is 3. The topological polar surface area (TPSA) is 79.2 Å². The van der Waals surface area contributed by atoms with Gasteiger partial charge in [-0.1, -0.05) is 38.1 Å². The molecule has 0 heterocycles. The van der Waals surface area contributed by atoms with Gasteiger partial charge in [0.05, 0.1) is 18.8 Å². The van der Waals surface area contributed by atoms with E-state index in [0.29, 0.717) is 26.2 Å². The predicted octanol–water partition coefficient (Wildman–Crippen LogP) is 4.14. The van der Waals surface area contributed by atoms with Crippen molar-refractivity contribution in [3.05, 3.63) is 64.7 Å². The standard InChI is InChI=1S/C25H36O5/c1-3-25(28,4-2)12-14-29-13-6-8-20-7-5-9-24(16-20)30-19-21-10-11-22(17-26)23(15-21)18-27/h5,7,9-11,15-16,26-28H,3-4,6,8,12-14,17-19H2,1-2H3. The van der Waals surface area contributed by atoms with E-state index in [4.69, 9.17) is 9.47 Å². The molecule has 0 aliphatic heterocycles. The Balaban J connectivity index is 1.76. The van der Waals surface area contributed by atoms with Gasteiger partial charge in [0, 0.05) is 13.2 Å². The molecular weight excluding hydrogens is 380 g/mol. The van der Waals surface area contributed by atoms with Crippen molar-refractivity contribution < 1.29 is 24.8 Å². The van der Waals surface area contributed by atoms with Crippen LogP contribution in [0.1, 0.15) is 61.8 Å². The monoisotopic (exact) mass is 416 g/mol. The number of benzene rings is 2. The van der Waals surface area contributed by atoms with Crippen LogP contribution in [0.4, 0.5) is 0 Å². The van der Waals surface area contributed by atoms with E-state index in [0.717, 1.165) is 48.1 Å². The van der Waals surface area contributed by atoms with Gasteiger partial charge >= 0.3 is 0 Å². The third kappa shape index (κ3) is 7.73. The van der Waals surface area contributed by atoms with Crippen LogP contribution in [-0.4, -0.2) is 34.1 Å². The van der Waals surface area contributed by atoms with E-state index in [-0.39, 0.29) is 13.2 Å². The summed E-state index contributed by atoms with van der Waals surface area (Å²) < 4.78 is 11.6. The molecule has 0 radical (unpaired) electrons. The van der Waals surface area contributed by atoms with Crippen LogP contribution in [0.5, 0.6) is 5.75 Å². The average Bonchev–Trinajstić information content (AvgIpc) is 2.79. The van der Waals surface area contributed by atoms with Crippen molar-refractivity contribution in [2.75, 3.05) is 13.2 Å². The molecule has 3 N–H and O–H groups in total. The second-order valence-electron chi connectivity index (χ2n) is 7.75. The minimum Gasteiger partial charge on any atom is -0.489 e. The van der Waals surface area contributed by atoms with E-state index < -0.39 is 5.60 Å². The first-order valence-corrected chi connectivity index (χ1v) is 10.9. The molecule has 0 aliphatic carbocycles. The normalized spacial score (nSPS) is 11.6. The SMILES string of the molecule is CCC(O)(CC)CCOCCCc1cccc(OCc2ccc(CO)c(CO)c2)c1. The summed E-state index contributed by atoms with van der Waals surface area (Å²) in [5, 5.41) is 29.0. The lowest BCUT2D eigenvalue weighted by atomic mass is 9.94. The maximum absolute atomic E-state index is 10.3. The van der Waals surface area contributed by atoms with Gasteiger partial charge < -0.3 is 24.8 Å². The molecule has 0 aromatic heterocycles.